The summed E-state index contributed by atoms with van der Waals surface area (Å²) in [5.74, 6) is 0.545. The largest absolute Gasteiger partial charge is 0.437 e. The third-order valence-corrected chi connectivity index (χ3v) is 8.24. The summed E-state index contributed by atoms with van der Waals surface area (Å²) in [6.07, 6.45) is 0.186. The molecular formula is C26H26N2O6S2. The van der Waals surface area contributed by atoms with Crippen LogP contribution in [0.1, 0.15) is 35.3 Å². The highest BCUT2D eigenvalue weighted by atomic mass is 32.2. The van der Waals surface area contributed by atoms with Crippen molar-refractivity contribution in [1.82, 2.24) is 4.98 Å². The maximum absolute atomic E-state index is 11.7. The number of thiophene rings is 1. The summed E-state index contributed by atoms with van der Waals surface area (Å²) >= 11 is 1.47. The number of aliphatic hydroxyl groups excluding tert-OH is 1. The Kier molecular flexibility index (Phi) is 6.82. The van der Waals surface area contributed by atoms with Gasteiger partial charge in [0.25, 0.3) is 0 Å². The van der Waals surface area contributed by atoms with E-state index in [2.05, 4.69) is 4.98 Å². The highest BCUT2D eigenvalue weighted by Gasteiger charge is 2.35. The maximum atomic E-state index is 11.7. The fraction of sp³-hybridized carbons (Fsp3) is 0.269. The highest BCUT2D eigenvalue weighted by molar-refractivity contribution is 7.89. The Labute approximate surface area is 213 Å². The van der Waals surface area contributed by atoms with E-state index < -0.39 is 21.7 Å². The zero-order chi connectivity index (χ0) is 25.3. The summed E-state index contributed by atoms with van der Waals surface area (Å²) < 4.78 is 34.8. The number of hydrogen-bond acceptors (Lipinski definition) is 8. The lowest BCUT2D eigenvalue weighted by Gasteiger charge is -2.32. The first-order valence-electron chi connectivity index (χ1n) is 11.5. The van der Waals surface area contributed by atoms with E-state index in [0.29, 0.717) is 43.1 Å². The van der Waals surface area contributed by atoms with E-state index in [0.717, 1.165) is 16.0 Å². The lowest BCUT2D eigenvalue weighted by Crippen LogP contribution is -2.34. The number of nitrogens with two attached hydrogens (primary N) is 1. The number of oxazole rings is 1. The van der Waals surface area contributed by atoms with Gasteiger partial charge in [-0.05, 0) is 41.3 Å². The van der Waals surface area contributed by atoms with E-state index in [4.69, 9.17) is 14.3 Å². The van der Waals surface area contributed by atoms with Crippen LogP contribution in [0, 0.1) is 0 Å². The minimum Gasteiger partial charge on any atom is -0.437 e. The molecular weight excluding hydrogens is 500 g/mol. The van der Waals surface area contributed by atoms with Gasteiger partial charge >= 0.3 is 0 Å². The number of primary sulfonamides is 1. The van der Waals surface area contributed by atoms with Gasteiger partial charge < -0.3 is 19.4 Å². The molecule has 2 aromatic heterocycles. The molecule has 0 amide bonds. The summed E-state index contributed by atoms with van der Waals surface area (Å²) in [6, 6.07) is 17.3. The molecule has 0 aliphatic carbocycles. The topological polar surface area (TPSA) is 136 Å². The lowest BCUT2D eigenvalue weighted by molar-refractivity contribution is -0.0682. The predicted molar refractivity (Wildman–Crippen MR) is 136 cm³/mol. The zero-order valence-electron chi connectivity index (χ0n) is 19.3. The average Bonchev–Trinajstić information content (AvgIpc) is 3.53. The first kappa shape index (κ1) is 24.8. The Balaban J connectivity index is 1.49. The van der Waals surface area contributed by atoms with E-state index >= 15 is 0 Å². The van der Waals surface area contributed by atoms with Crippen LogP contribution in [0.15, 0.2) is 75.4 Å². The van der Waals surface area contributed by atoms with Crippen molar-refractivity contribution in [3.8, 4) is 22.6 Å². The summed E-state index contributed by atoms with van der Waals surface area (Å²) in [7, 11) is -3.83. The quantitative estimate of drug-likeness (QED) is 0.331. The number of hydrogen-bond donors (Lipinski definition) is 3. The molecule has 4 N–H and O–H groups in total. The highest BCUT2D eigenvalue weighted by Crippen LogP contribution is 2.39. The van der Waals surface area contributed by atoms with Gasteiger partial charge in [0.1, 0.15) is 11.8 Å². The van der Waals surface area contributed by atoms with Gasteiger partial charge in [-0.25, -0.2) is 18.5 Å². The molecule has 5 rings (SSSR count). The molecule has 0 radical (unpaired) electrons. The molecule has 1 saturated heterocycles. The van der Waals surface area contributed by atoms with E-state index in [9.17, 15) is 18.6 Å². The summed E-state index contributed by atoms with van der Waals surface area (Å²) in [4.78, 5) is 5.49. The van der Waals surface area contributed by atoms with Crippen molar-refractivity contribution in [2.75, 3.05) is 13.2 Å². The fourth-order valence-electron chi connectivity index (χ4n) is 4.42. The van der Waals surface area contributed by atoms with E-state index in [1.54, 1.807) is 12.1 Å². The fourth-order valence-corrected chi connectivity index (χ4v) is 5.94. The Morgan fingerprint density at radius 1 is 1.03 bits per heavy atom. The van der Waals surface area contributed by atoms with Crippen LogP contribution in [0.3, 0.4) is 0 Å². The van der Waals surface area contributed by atoms with Gasteiger partial charge in [0.15, 0.2) is 5.76 Å². The van der Waals surface area contributed by atoms with Crippen molar-refractivity contribution in [2.45, 2.75) is 35.9 Å². The molecule has 3 heterocycles. The van der Waals surface area contributed by atoms with Crippen molar-refractivity contribution in [3.63, 3.8) is 0 Å². The molecule has 1 unspecified atom stereocenters. The number of nitrogens with zero attached hydrogens (tertiary/aromatic N) is 1. The van der Waals surface area contributed by atoms with Gasteiger partial charge in [0, 0.05) is 48.5 Å². The standard InChI is InChI=1S/C26H26N2O6S2/c27-36(31,32)19-8-6-18(7-9-19)24-23(17-4-2-1-3-5-17)28-25(34-24)21(29)16-22-20(10-15-35-22)26(30)11-13-33-14-12-26/h1-10,15,21,29-30H,11-14,16H2,(H2,27,31,32). The molecule has 1 aliphatic heterocycles. The summed E-state index contributed by atoms with van der Waals surface area (Å²) in [6.45, 7) is 0.976. The molecule has 2 aromatic carbocycles. The third-order valence-electron chi connectivity index (χ3n) is 6.37. The molecule has 1 fully saturated rings. The van der Waals surface area contributed by atoms with Crippen LogP contribution in [-0.4, -0.2) is 36.8 Å². The lowest BCUT2D eigenvalue weighted by atomic mass is 9.86. The molecule has 10 heteroatoms. The number of rotatable bonds is 7. The van der Waals surface area contributed by atoms with Crippen molar-refractivity contribution in [3.05, 3.63) is 82.4 Å². The second kappa shape index (κ2) is 9.89. The predicted octanol–water partition coefficient (Wildman–Crippen LogP) is 3.99. The van der Waals surface area contributed by atoms with Crippen LogP contribution in [0.5, 0.6) is 0 Å². The number of aromatic nitrogens is 1. The molecule has 1 atom stereocenters. The zero-order valence-corrected chi connectivity index (χ0v) is 21.0. The second-order valence-corrected chi connectivity index (χ2v) is 11.3. The van der Waals surface area contributed by atoms with E-state index in [-0.39, 0.29) is 17.2 Å². The van der Waals surface area contributed by atoms with Crippen molar-refractivity contribution in [2.24, 2.45) is 5.14 Å². The monoisotopic (exact) mass is 526 g/mol. The molecule has 0 spiro atoms. The maximum Gasteiger partial charge on any atom is 0.238 e. The first-order chi connectivity index (χ1) is 17.2. The molecule has 8 nitrogen and oxygen atoms in total. The second-order valence-electron chi connectivity index (χ2n) is 8.79. The normalized spacial score (nSPS) is 16.6. The Hall–Kier alpha value is -2.86. The SMILES string of the molecule is NS(=O)(=O)c1ccc(-c2oc(C(O)Cc3sccc3C3(O)CCOCC3)nc2-c2ccccc2)cc1. The number of aliphatic hydroxyl groups is 2. The number of benzene rings is 2. The Morgan fingerprint density at radius 2 is 1.72 bits per heavy atom. The minimum absolute atomic E-state index is 0.0106. The molecule has 36 heavy (non-hydrogen) atoms. The minimum atomic E-state index is -3.83. The summed E-state index contributed by atoms with van der Waals surface area (Å²) in [5.41, 5.74) is 1.75. The van der Waals surface area contributed by atoms with Crippen LogP contribution in [0.25, 0.3) is 22.6 Å². The third kappa shape index (κ3) is 5.01. The molecule has 0 bridgehead atoms. The van der Waals surface area contributed by atoms with Gasteiger partial charge in [-0.3, -0.25) is 0 Å². The van der Waals surface area contributed by atoms with E-state index in [1.807, 2.05) is 41.8 Å². The van der Waals surface area contributed by atoms with Gasteiger partial charge in [-0.15, -0.1) is 11.3 Å². The van der Waals surface area contributed by atoms with Crippen molar-refractivity contribution < 1.29 is 27.8 Å². The van der Waals surface area contributed by atoms with Crippen LogP contribution < -0.4 is 5.14 Å². The van der Waals surface area contributed by atoms with E-state index in [1.165, 1.54) is 23.5 Å². The van der Waals surface area contributed by atoms with Crippen molar-refractivity contribution >= 4 is 21.4 Å². The average molecular weight is 527 g/mol. The van der Waals surface area contributed by atoms with Gasteiger partial charge in [-0.1, -0.05) is 30.3 Å². The van der Waals surface area contributed by atoms with Gasteiger partial charge in [-0.2, -0.15) is 0 Å². The van der Waals surface area contributed by atoms with Crippen LogP contribution in [0.2, 0.25) is 0 Å². The van der Waals surface area contributed by atoms with Crippen LogP contribution >= 0.6 is 11.3 Å². The molecule has 4 aromatic rings. The van der Waals surface area contributed by atoms with Crippen molar-refractivity contribution in [1.29, 1.82) is 0 Å². The first-order valence-corrected chi connectivity index (χ1v) is 13.9. The van der Waals surface area contributed by atoms with Crippen LogP contribution in [0.4, 0.5) is 0 Å². The van der Waals surface area contributed by atoms with Gasteiger partial charge in [0.2, 0.25) is 15.9 Å². The smallest absolute Gasteiger partial charge is 0.238 e. The Bertz CT molecular complexity index is 1440. The van der Waals surface area contributed by atoms with Crippen LogP contribution in [-0.2, 0) is 26.8 Å². The molecule has 1 aliphatic rings. The molecule has 188 valence electrons. The Morgan fingerprint density at radius 3 is 2.39 bits per heavy atom. The number of sulfonamides is 1. The molecule has 0 saturated carbocycles. The number of ether oxygens (including phenoxy) is 1. The summed E-state index contributed by atoms with van der Waals surface area (Å²) in [5, 5.41) is 29.4. The van der Waals surface area contributed by atoms with Gasteiger partial charge in [0.05, 0.1) is 10.5 Å².